The minimum absolute atomic E-state index is 0.0361. The number of carbonyl (C=O) groups excluding carboxylic acids is 1. The number of hydrogen-bond acceptors (Lipinski definition) is 1. The Labute approximate surface area is 141 Å². The first-order chi connectivity index (χ1) is 10.8. The van der Waals surface area contributed by atoms with E-state index < -0.39 is 37.0 Å². The van der Waals surface area contributed by atoms with Crippen LogP contribution in [0.3, 0.4) is 0 Å². The molecular weight excluding hydrogens is 390 g/mol. The Morgan fingerprint density at radius 3 is 2.17 bits per heavy atom. The van der Waals surface area contributed by atoms with Gasteiger partial charge < -0.3 is 4.90 Å². The lowest BCUT2D eigenvalue weighted by molar-refractivity contribution is -0.346. The van der Waals surface area contributed by atoms with E-state index in [0.717, 1.165) is 0 Å². The zero-order chi connectivity index (χ0) is 18.5. The molecule has 1 amide bonds. The summed E-state index contributed by atoms with van der Waals surface area (Å²) >= 11 is 11.6. The predicted octanol–water partition coefficient (Wildman–Crippen LogP) is 4.71. The van der Waals surface area contributed by atoms with Crippen molar-refractivity contribution < 1.29 is 35.5 Å². The van der Waals surface area contributed by atoms with Gasteiger partial charge in [-0.2, -0.15) is 30.7 Å². The molecule has 2 nitrogen and oxygen atoms in total. The lowest BCUT2D eigenvalue weighted by atomic mass is 9.98. The molecule has 1 heterocycles. The molecule has 0 saturated heterocycles. The first-order valence-electron chi connectivity index (χ1n) is 6.38. The van der Waals surface area contributed by atoms with Crippen LogP contribution in [0.25, 0.3) is 0 Å². The molecule has 24 heavy (non-hydrogen) atoms. The van der Waals surface area contributed by atoms with Gasteiger partial charge in [-0.05, 0) is 23.6 Å². The van der Waals surface area contributed by atoms with Crippen molar-refractivity contribution in [2.24, 2.45) is 0 Å². The number of alkyl halides is 7. The summed E-state index contributed by atoms with van der Waals surface area (Å²) in [7, 11) is 0. The third-order valence-corrected chi connectivity index (χ3v) is 4.44. The fourth-order valence-electron chi connectivity index (χ4n) is 2.25. The van der Waals surface area contributed by atoms with Gasteiger partial charge >= 0.3 is 18.0 Å². The van der Waals surface area contributed by atoms with Gasteiger partial charge in [0.2, 0.25) is 0 Å². The van der Waals surface area contributed by atoms with E-state index in [4.69, 9.17) is 23.2 Å². The van der Waals surface area contributed by atoms with Gasteiger partial charge in [0, 0.05) is 13.1 Å². The van der Waals surface area contributed by atoms with Gasteiger partial charge in [0.15, 0.2) is 0 Å². The number of nitrogens with zero attached hydrogens (tertiary/aromatic N) is 1. The molecule has 0 spiro atoms. The lowest BCUT2D eigenvalue weighted by Crippen LogP contribution is -2.60. The third kappa shape index (κ3) is 2.92. The molecule has 0 radical (unpaired) electrons. The summed E-state index contributed by atoms with van der Waals surface area (Å²) in [6.45, 7) is -1.09. The lowest BCUT2D eigenvalue weighted by Gasteiger charge is -2.35. The fraction of sp³-hybridized carbons (Fsp3) is 0.462. The second kappa shape index (κ2) is 5.94. The van der Waals surface area contributed by atoms with Crippen LogP contribution in [0.5, 0.6) is 0 Å². The molecule has 0 aromatic heterocycles. The van der Waals surface area contributed by atoms with Crippen LogP contribution in [-0.4, -0.2) is 35.4 Å². The summed E-state index contributed by atoms with van der Waals surface area (Å²) in [5, 5.41) is -0.0327. The second-order valence-corrected chi connectivity index (χ2v) is 5.91. The van der Waals surface area contributed by atoms with E-state index in [-0.39, 0.29) is 26.9 Å². The highest BCUT2D eigenvalue weighted by Crippen LogP contribution is 2.47. The van der Waals surface area contributed by atoms with E-state index in [1.807, 2.05) is 0 Å². The summed E-state index contributed by atoms with van der Waals surface area (Å²) in [5.74, 6) is -15.0. The van der Waals surface area contributed by atoms with E-state index in [2.05, 4.69) is 0 Å². The molecule has 134 valence electrons. The highest BCUT2D eigenvalue weighted by Gasteiger charge is 2.76. The molecule has 0 atom stereocenters. The smallest absolute Gasteiger partial charge is 0.333 e. The molecule has 11 heteroatoms. The maximum absolute atomic E-state index is 13.5. The summed E-state index contributed by atoms with van der Waals surface area (Å²) in [4.78, 5) is 11.9. The highest BCUT2D eigenvalue weighted by atomic mass is 35.5. The number of hydrogen-bond donors (Lipinski definition) is 0. The highest BCUT2D eigenvalue weighted by molar-refractivity contribution is 6.42. The molecule has 0 unspecified atom stereocenters. The van der Waals surface area contributed by atoms with Crippen LogP contribution < -0.4 is 0 Å². The van der Waals surface area contributed by atoms with E-state index in [1.54, 1.807) is 0 Å². The van der Waals surface area contributed by atoms with Crippen molar-refractivity contribution in [1.82, 2.24) is 4.90 Å². The molecule has 1 aliphatic heterocycles. The molecule has 0 N–H and O–H groups in total. The fourth-order valence-corrected chi connectivity index (χ4v) is 2.67. The van der Waals surface area contributed by atoms with Crippen molar-refractivity contribution in [1.29, 1.82) is 0 Å². The van der Waals surface area contributed by atoms with Gasteiger partial charge in [-0.25, -0.2) is 0 Å². The van der Waals surface area contributed by atoms with Crippen LogP contribution in [0, 0.1) is 0 Å². The van der Waals surface area contributed by atoms with Gasteiger partial charge in [-0.1, -0.05) is 29.3 Å². The molecule has 1 aliphatic rings. The summed E-state index contributed by atoms with van der Waals surface area (Å²) in [5.41, 5.74) is 0.675. The molecule has 0 bridgehead atoms. The van der Waals surface area contributed by atoms with E-state index >= 15 is 0 Å². The number of carbonyl (C=O) groups is 1. The summed E-state index contributed by atoms with van der Waals surface area (Å²) < 4.78 is 89.5. The molecular formula is C13H8Cl2F7NO. The van der Waals surface area contributed by atoms with E-state index in [1.165, 1.54) is 12.1 Å². The monoisotopic (exact) mass is 397 g/mol. The Bertz CT molecular complexity index is 675. The molecule has 1 aromatic carbocycles. The van der Waals surface area contributed by atoms with Gasteiger partial charge in [0.25, 0.3) is 5.91 Å². The predicted molar refractivity (Wildman–Crippen MR) is 71.5 cm³/mol. The number of amides is 1. The van der Waals surface area contributed by atoms with Crippen molar-refractivity contribution in [2.45, 2.75) is 31.0 Å². The average Bonchev–Trinajstić information content (AvgIpc) is 2.48. The first kappa shape index (κ1) is 19.1. The maximum atomic E-state index is 13.5. The van der Waals surface area contributed by atoms with Crippen molar-refractivity contribution in [3.05, 3.63) is 33.3 Å². The van der Waals surface area contributed by atoms with Crippen LogP contribution in [0.15, 0.2) is 12.1 Å². The van der Waals surface area contributed by atoms with Crippen LogP contribution in [0.2, 0.25) is 10.0 Å². The molecule has 1 aromatic rings. The maximum Gasteiger partial charge on any atom is 0.460 e. The van der Waals surface area contributed by atoms with E-state index in [0.29, 0.717) is 5.56 Å². The molecule has 0 aliphatic carbocycles. The van der Waals surface area contributed by atoms with Crippen LogP contribution in [0.1, 0.15) is 11.1 Å². The normalized spacial score (nSPS) is 16.1. The second-order valence-electron chi connectivity index (χ2n) is 5.12. The first-order valence-corrected chi connectivity index (χ1v) is 7.13. The Morgan fingerprint density at radius 2 is 1.62 bits per heavy atom. The number of rotatable bonds is 2. The SMILES string of the molecule is O=C(N1CCc2ccc(Cl)c(Cl)c2C1)C(F)(F)C(F)(F)C(F)(F)F. The van der Waals surface area contributed by atoms with Crippen molar-refractivity contribution >= 4 is 29.1 Å². The van der Waals surface area contributed by atoms with Gasteiger partial charge in [-0.3, -0.25) is 4.79 Å². The number of benzene rings is 1. The van der Waals surface area contributed by atoms with Crippen LogP contribution >= 0.6 is 23.2 Å². The largest absolute Gasteiger partial charge is 0.460 e. The number of fused-ring (bicyclic) bond motifs is 1. The Hall–Kier alpha value is -1.22. The van der Waals surface area contributed by atoms with Crippen molar-refractivity contribution in [3.63, 3.8) is 0 Å². The minimum Gasteiger partial charge on any atom is -0.333 e. The standard InChI is InChI=1S/C13H8Cl2F7NO/c14-8-2-1-6-3-4-23(5-7(6)9(8)15)10(24)11(16,17)12(18,19)13(20,21)22/h1-2H,3-5H2. The summed E-state index contributed by atoms with van der Waals surface area (Å²) in [6.07, 6.45) is -6.60. The quantitative estimate of drug-likeness (QED) is 0.661. The summed E-state index contributed by atoms with van der Waals surface area (Å²) in [6, 6.07) is 2.93. The van der Waals surface area contributed by atoms with Crippen LogP contribution in [-0.2, 0) is 17.8 Å². The Morgan fingerprint density at radius 1 is 1.04 bits per heavy atom. The van der Waals surface area contributed by atoms with Crippen molar-refractivity contribution in [2.75, 3.05) is 6.54 Å². The molecule has 2 rings (SSSR count). The van der Waals surface area contributed by atoms with Crippen molar-refractivity contribution in [3.8, 4) is 0 Å². The van der Waals surface area contributed by atoms with Crippen LogP contribution in [0.4, 0.5) is 30.7 Å². The van der Waals surface area contributed by atoms with Gasteiger partial charge in [0.05, 0.1) is 10.0 Å². The van der Waals surface area contributed by atoms with E-state index in [9.17, 15) is 35.5 Å². The molecule has 0 fully saturated rings. The van der Waals surface area contributed by atoms with Gasteiger partial charge in [-0.15, -0.1) is 0 Å². The number of halogens is 9. The zero-order valence-electron chi connectivity index (χ0n) is 11.5. The average molecular weight is 398 g/mol. The molecule has 0 saturated carbocycles. The third-order valence-electron chi connectivity index (χ3n) is 3.60. The zero-order valence-corrected chi connectivity index (χ0v) is 13.0. The topological polar surface area (TPSA) is 20.3 Å². The Balaban J connectivity index is 2.33. The minimum atomic E-state index is -6.57. The Kier molecular flexibility index (Phi) is 4.73. The van der Waals surface area contributed by atoms with Gasteiger partial charge in [0.1, 0.15) is 0 Å².